The van der Waals surface area contributed by atoms with Crippen LogP contribution in [-0.2, 0) is 11.0 Å². The number of pyridine rings is 1. The van der Waals surface area contributed by atoms with Crippen LogP contribution >= 0.6 is 0 Å². The number of hydrogen-bond donors (Lipinski definition) is 1. The van der Waals surface area contributed by atoms with Gasteiger partial charge in [-0.1, -0.05) is 0 Å². The summed E-state index contributed by atoms with van der Waals surface area (Å²) in [7, 11) is -1.80. The minimum Gasteiger partial charge on any atom is -0.265 e. The highest BCUT2D eigenvalue weighted by Gasteiger charge is 2.42. The molecule has 2 atom stereocenters. The predicted octanol–water partition coefficient (Wildman–Crippen LogP) is 2.74. The van der Waals surface area contributed by atoms with Gasteiger partial charge in [0.25, 0.3) is 0 Å². The van der Waals surface area contributed by atoms with Gasteiger partial charge < -0.3 is 0 Å². The van der Waals surface area contributed by atoms with E-state index in [2.05, 4.69) is 9.71 Å². The van der Waals surface area contributed by atoms with E-state index in [0.717, 1.165) is 0 Å². The van der Waals surface area contributed by atoms with Gasteiger partial charge in [-0.3, -0.25) is 4.98 Å². The van der Waals surface area contributed by atoms with Crippen molar-refractivity contribution in [3.8, 4) is 0 Å². The van der Waals surface area contributed by atoms with Crippen molar-refractivity contribution in [1.29, 1.82) is 0 Å². The maximum Gasteiger partial charge on any atom is 0.408 e. The zero-order valence-corrected chi connectivity index (χ0v) is 11.1. The molecular weight excluding hydrogens is 265 g/mol. The molecule has 0 aromatic carbocycles. The van der Waals surface area contributed by atoms with Gasteiger partial charge in [-0.25, -0.2) is 8.93 Å². The molecule has 7 heteroatoms. The standard InChI is InChI=1S/C11H15F3N2OS/c1-10(2,3)18(17)16-9(11(12,13)14)8-4-6-15-7-5-8/h4-7,9,16H,1-3H3. The molecule has 0 radical (unpaired) electrons. The number of nitrogens with zero attached hydrogens (tertiary/aromatic N) is 1. The van der Waals surface area contributed by atoms with Gasteiger partial charge in [-0.15, -0.1) is 0 Å². The van der Waals surface area contributed by atoms with E-state index in [-0.39, 0.29) is 5.56 Å². The second kappa shape index (κ2) is 5.36. The van der Waals surface area contributed by atoms with Crippen LogP contribution in [0.2, 0.25) is 0 Å². The fourth-order valence-corrected chi connectivity index (χ4v) is 2.00. The van der Waals surface area contributed by atoms with Gasteiger partial charge >= 0.3 is 6.18 Å². The van der Waals surface area contributed by atoms with Crippen LogP contribution < -0.4 is 4.72 Å². The van der Waals surface area contributed by atoms with Crippen molar-refractivity contribution in [3.05, 3.63) is 30.1 Å². The Labute approximate surface area is 106 Å². The number of halogens is 3. The first-order chi connectivity index (χ1) is 8.12. The fraction of sp³-hybridized carbons (Fsp3) is 0.545. The number of aromatic nitrogens is 1. The smallest absolute Gasteiger partial charge is 0.265 e. The van der Waals surface area contributed by atoms with Gasteiger partial charge in [0.15, 0.2) is 0 Å². The topological polar surface area (TPSA) is 42.0 Å². The molecule has 0 aliphatic carbocycles. The van der Waals surface area contributed by atoms with E-state index in [1.807, 2.05) is 0 Å². The SMILES string of the molecule is CC(C)(C)S(=O)NC(c1ccncc1)C(F)(F)F. The Morgan fingerprint density at radius 2 is 1.72 bits per heavy atom. The lowest BCUT2D eigenvalue weighted by Crippen LogP contribution is -2.41. The van der Waals surface area contributed by atoms with Crippen LogP contribution in [0.25, 0.3) is 0 Å². The molecule has 0 aliphatic rings. The Kier molecular flexibility index (Phi) is 4.50. The van der Waals surface area contributed by atoms with Crippen molar-refractivity contribution < 1.29 is 17.4 Å². The molecule has 1 heterocycles. The molecule has 0 fully saturated rings. The Bertz CT molecular complexity index is 415. The second-order valence-corrected chi connectivity index (χ2v) is 6.75. The number of nitrogens with one attached hydrogen (secondary N) is 1. The zero-order chi connectivity index (χ0) is 14.0. The third kappa shape index (κ3) is 4.06. The summed E-state index contributed by atoms with van der Waals surface area (Å²) in [6, 6.07) is 0.552. The summed E-state index contributed by atoms with van der Waals surface area (Å²) < 4.78 is 52.0. The molecule has 0 spiro atoms. The zero-order valence-electron chi connectivity index (χ0n) is 10.3. The molecular formula is C11H15F3N2OS. The van der Waals surface area contributed by atoms with Crippen LogP contribution in [0.4, 0.5) is 13.2 Å². The summed E-state index contributed by atoms with van der Waals surface area (Å²) in [6.07, 6.45) is -1.96. The van der Waals surface area contributed by atoms with Gasteiger partial charge in [0.2, 0.25) is 0 Å². The fourth-order valence-electron chi connectivity index (χ4n) is 1.16. The summed E-state index contributed by atoms with van der Waals surface area (Å²) in [4.78, 5) is 3.67. The van der Waals surface area contributed by atoms with Crippen LogP contribution in [0.15, 0.2) is 24.5 Å². The molecule has 0 saturated heterocycles. The van der Waals surface area contributed by atoms with Crippen LogP contribution in [0.3, 0.4) is 0 Å². The van der Waals surface area contributed by atoms with Crippen LogP contribution in [0, 0.1) is 0 Å². The molecule has 102 valence electrons. The average molecular weight is 280 g/mol. The van der Waals surface area contributed by atoms with Gasteiger partial charge in [0, 0.05) is 12.4 Å². The predicted molar refractivity (Wildman–Crippen MR) is 64.1 cm³/mol. The third-order valence-corrected chi connectivity index (χ3v) is 3.71. The lowest BCUT2D eigenvalue weighted by Gasteiger charge is -2.26. The van der Waals surface area contributed by atoms with Crippen molar-refractivity contribution in [2.24, 2.45) is 0 Å². The largest absolute Gasteiger partial charge is 0.408 e. The van der Waals surface area contributed by atoms with E-state index >= 15 is 0 Å². The monoisotopic (exact) mass is 280 g/mol. The summed E-state index contributed by atoms with van der Waals surface area (Å²) in [5.74, 6) is 0. The van der Waals surface area contributed by atoms with Crippen LogP contribution in [0.1, 0.15) is 32.4 Å². The first-order valence-electron chi connectivity index (χ1n) is 5.27. The van der Waals surface area contributed by atoms with E-state index in [0.29, 0.717) is 0 Å². The number of hydrogen-bond acceptors (Lipinski definition) is 2. The molecule has 1 aromatic heterocycles. The highest BCUT2D eigenvalue weighted by molar-refractivity contribution is 7.84. The Balaban J connectivity index is 2.99. The Morgan fingerprint density at radius 1 is 1.22 bits per heavy atom. The summed E-state index contributed by atoms with van der Waals surface area (Å²) >= 11 is 0. The molecule has 0 saturated carbocycles. The van der Waals surface area contributed by atoms with E-state index in [9.17, 15) is 17.4 Å². The minimum absolute atomic E-state index is 0.00454. The third-order valence-electron chi connectivity index (χ3n) is 2.15. The maximum atomic E-state index is 12.9. The lowest BCUT2D eigenvalue weighted by molar-refractivity contribution is -0.152. The van der Waals surface area contributed by atoms with Gasteiger partial charge in [-0.2, -0.15) is 13.2 Å². The van der Waals surface area contributed by atoms with Crippen molar-refractivity contribution in [2.45, 2.75) is 37.7 Å². The van der Waals surface area contributed by atoms with Gasteiger partial charge in [0.05, 0.1) is 15.7 Å². The van der Waals surface area contributed by atoms with E-state index in [1.54, 1.807) is 20.8 Å². The van der Waals surface area contributed by atoms with Crippen molar-refractivity contribution in [2.75, 3.05) is 0 Å². The quantitative estimate of drug-likeness (QED) is 0.925. The molecule has 18 heavy (non-hydrogen) atoms. The number of alkyl halides is 3. The van der Waals surface area contributed by atoms with Gasteiger partial charge in [-0.05, 0) is 38.5 Å². The molecule has 1 N–H and O–H groups in total. The molecule has 2 unspecified atom stereocenters. The number of rotatable bonds is 3. The first-order valence-corrected chi connectivity index (χ1v) is 6.42. The molecule has 0 amide bonds. The van der Waals surface area contributed by atoms with Gasteiger partial charge in [0.1, 0.15) is 6.04 Å². The Hall–Kier alpha value is -0.950. The lowest BCUT2D eigenvalue weighted by atomic mass is 10.1. The molecule has 0 bridgehead atoms. The minimum atomic E-state index is -4.51. The molecule has 0 aliphatic heterocycles. The summed E-state index contributed by atoms with van der Waals surface area (Å²) in [6.45, 7) is 4.82. The summed E-state index contributed by atoms with van der Waals surface area (Å²) in [5.41, 5.74) is -0.00454. The summed E-state index contributed by atoms with van der Waals surface area (Å²) in [5, 5.41) is 0. The van der Waals surface area contributed by atoms with E-state index < -0.39 is 28.0 Å². The van der Waals surface area contributed by atoms with E-state index in [1.165, 1.54) is 24.5 Å². The highest BCUT2D eigenvalue weighted by Crippen LogP contribution is 2.33. The van der Waals surface area contributed by atoms with Crippen LogP contribution in [-0.4, -0.2) is 20.1 Å². The molecule has 3 nitrogen and oxygen atoms in total. The normalized spacial score (nSPS) is 16.3. The molecule has 1 rings (SSSR count). The average Bonchev–Trinajstić information content (AvgIpc) is 2.23. The maximum absolute atomic E-state index is 12.9. The van der Waals surface area contributed by atoms with Crippen LogP contribution in [0.5, 0.6) is 0 Å². The molecule has 1 aromatic rings. The van der Waals surface area contributed by atoms with Crippen molar-refractivity contribution in [3.63, 3.8) is 0 Å². The Morgan fingerprint density at radius 3 is 2.11 bits per heavy atom. The second-order valence-electron chi connectivity index (χ2n) is 4.75. The first kappa shape index (κ1) is 15.1. The van der Waals surface area contributed by atoms with Crippen molar-refractivity contribution >= 4 is 11.0 Å². The van der Waals surface area contributed by atoms with Crippen molar-refractivity contribution in [1.82, 2.24) is 9.71 Å². The van der Waals surface area contributed by atoms with E-state index in [4.69, 9.17) is 0 Å². The highest BCUT2D eigenvalue weighted by atomic mass is 32.2.